The molecule has 1 N–H and O–H groups in total. The molecule has 9 nitrogen and oxygen atoms in total. The van der Waals surface area contributed by atoms with E-state index >= 15 is 0 Å². The highest BCUT2D eigenvalue weighted by Crippen LogP contribution is 2.27. The first-order chi connectivity index (χ1) is 12.8. The first kappa shape index (κ1) is 16.7. The molecule has 0 aliphatic carbocycles. The molecule has 4 rings (SSSR count). The Balaban J connectivity index is 1.41. The third-order valence-electron chi connectivity index (χ3n) is 4.46. The molecule has 0 saturated carbocycles. The molecule has 0 bridgehead atoms. The molecule has 0 radical (unpaired) electrons. The minimum Gasteiger partial charge on any atom is -0.491 e. The van der Waals surface area contributed by atoms with Crippen LogP contribution in [-0.4, -0.2) is 68.2 Å². The maximum atomic E-state index is 6.03. The van der Waals surface area contributed by atoms with Crippen molar-refractivity contribution >= 4 is 0 Å². The number of benzene rings is 1. The van der Waals surface area contributed by atoms with Crippen LogP contribution in [-0.2, 0) is 11.8 Å². The maximum Gasteiger partial charge on any atom is 0.208 e. The standard InChI is InChI=1S/C17H21N7O2/c1-23-11-13(10-18-23)15-12-25-8-6-24(15)7-9-26-16-5-3-2-4-14(16)17-19-21-22-20-17/h2-5,10-11,15H,6-9,12H2,1H3,(H,19,20,21,22). The van der Waals surface area contributed by atoms with Gasteiger partial charge in [-0.2, -0.15) is 10.3 Å². The lowest BCUT2D eigenvalue weighted by Crippen LogP contribution is -2.41. The molecule has 2 aromatic heterocycles. The van der Waals surface area contributed by atoms with E-state index < -0.39 is 0 Å². The Morgan fingerprint density at radius 3 is 3.08 bits per heavy atom. The molecule has 1 unspecified atom stereocenters. The Labute approximate surface area is 150 Å². The summed E-state index contributed by atoms with van der Waals surface area (Å²) in [5, 5.41) is 18.4. The number of tetrazole rings is 1. The predicted octanol–water partition coefficient (Wildman–Crippen LogP) is 1.05. The number of H-pyrrole nitrogens is 1. The molecule has 1 aliphatic rings. The number of aromatic nitrogens is 6. The summed E-state index contributed by atoms with van der Waals surface area (Å²) >= 11 is 0. The molecular formula is C17H21N7O2. The van der Waals surface area contributed by atoms with Crippen molar-refractivity contribution in [3.8, 4) is 17.1 Å². The summed E-state index contributed by atoms with van der Waals surface area (Å²) in [4.78, 5) is 2.37. The number of aryl methyl sites for hydroxylation is 1. The van der Waals surface area contributed by atoms with Crippen LogP contribution in [0.4, 0.5) is 0 Å². The molecule has 1 fully saturated rings. The van der Waals surface area contributed by atoms with E-state index in [-0.39, 0.29) is 6.04 Å². The molecular weight excluding hydrogens is 334 g/mol. The summed E-state index contributed by atoms with van der Waals surface area (Å²) in [7, 11) is 1.93. The van der Waals surface area contributed by atoms with Gasteiger partial charge < -0.3 is 9.47 Å². The van der Waals surface area contributed by atoms with Crippen molar-refractivity contribution < 1.29 is 9.47 Å². The van der Waals surface area contributed by atoms with Crippen molar-refractivity contribution in [2.45, 2.75) is 6.04 Å². The van der Waals surface area contributed by atoms with E-state index in [0.29, 0.717) is 19.0 Å². The van der Waals surface area contributed by atoms with Crippen LogP contribution in [0.3, 0.4) is 0 Å². The lowest BCUT2D eigenvalue weighted by molar-refractivity contribution is -0.0132. The van der Waals surface area contributed by atoms with Gasteiger partial charge in [0.1, 0.15) is 12.4 Å². The van der Waals surface area contributed by atoms with Gasteiger partial charge in [-0.25, -0.2) is 0 Å². The fourth-order valence-electron chi connectivity index (χ4n) is 3.15. The Kier molecular flexibility index (Phi) is 4.89. The van der Waals surface area contributed by atoms with Crippen LogP contribution < -0.4 is 4.74 Å². The van der Waals surface area contributed by atoms with Gasteiger partial charge in [0.25, 0.3) is 0 Å². The number of rotatable bonds is 6. The summed E-state index contributed by atoms with van der Waals surface area (Å²) < 4.78 is 13.5. The summed E-state index contributed by atoms with van der Waals surface area (Å²) in [6, 6.07) is 7.91. The van der Waals surface area contributed by atoms with Crippen molar-refractivity contribution in [3.63, 3.8) is 0 Å². The number of hydrogen-bond donors (Lipinski definition) is 1. The second kappa shape index (κ2) is 7.63. The number of hydrogen-bond acceptors (Lipinski definition) is 7. The number of nitrogens with one attached hydrogen (secondary N) is 1. The summed E-state index contributed by atoms with van der Waals surface area (Å²) in [5.74, 6) is 1.28. The SMILES string of the molecule is Cn1cc(C2COCCN2CCOc2ccccc2-c2nn[nH]n2)cn1. The third kappa shape index (κ3) is 3.58. The number of aromatic amines is 1. The van der Waals surface area contributed by atoms with E-state index in [0.717, 1.165) is 31.0 Å². The van der Waals surface area contributed by atoms with Crippen LogP contribution in [0.5, 0.6) is 5.75 Å². The molecule has 9 heteroatoms. The van der Waals surface area contributed by atoms with Crippen LogP contribution >= 0.6 is 0 Å². The van der Waals surface area contributed by atoms with Crippen LogP contribution in [0.15, 0.2) is 36.7 Å². The summed E-state index contributed by atoms with van der Waals surface area (Å²) in [6.45, 7) is 3.63. The zero-order valence-corrected chi connectivity index (χ0v) is 14.6. The number of ether oxygens (including phenoxy) is 2. The second-order valence-corrected chi connectivity index (χ2v) is 6.15. The molecule has 136 valence electrons. The molecule has 0 amide bonds. The zero-order valence-electron chi connectivity index (χ0n) is 14.6. The highest BCUT2D eigenvalue weighted by Gasteiger charge is 2.25. The lowest BCUT2D eigenvalue weighted by atomic mass is 10.1. The largest absolute Gasteiger partial charge is 0.491 e. The Hall–Kier alpha value is -2.78. The van der Waals surface area contributed by atoms with Gasteiger partial charge >= 0.3 is 0 Å². The molecule has 1 aliphatic heterocycles. The van der Waals surface area contributed by atoms with E-state index in [1.54, 1.807) is 0 Å². The van der Waals surface area contributed by atoms with Crippen molar-refractivity contribution in [2.24, 2.45) is 7.05 Å². The first-order valence-electron chi connectivity index (χ1n) is 8.57. The third-order valence-corrected chi connectivity index (χ3v) is 4.46. The minimum absolute atomic E-state index is 0.202. The average Bonchev–Trinajstić information content (AvgIpc) is 3.34. The minimum atomic E-state index is 0.202. The fourth-order valence-corrected chi connectivity index (χ4v) is 3.15. The van der Waals surface area contributed by atoms with E-state index in [1.807, 2.05) is 48.4 Å². The average molecular weight is 355 g/mol. The first-order valence-corrected chi connectivity index (χ1v) is 8.57. The van der Waals surface area contributed by atoms with Gasteiger partial charge in [0.05, 0.1) is 31.0 Å². The molecule has 0 spiro atoms. The van der Waals surface area contributed by atoms with Gasteiger partial charge in [-0.15, -0.1) is 10.2 Å². The zero-order chi connectivity index (χ0) is 17.8. The van der Waals surface area contributed by atoms with E-state index in [2.05, 4.69) is 30.6 Å². The van der Waals surface area contributed by atoms with Gasteiger partial charge in [-0.1, -0.05) is 12.1 Å². The van der Waals surface area contributed by atoms with E-state index in [9.17, 15) is 0 Å². The number of morpholine rings is 1. The Morgan fingerprint density at radius 2 is 2.27 bits per heavy atom. The topological polar surface area (TPSA) is 94.0 Å². The lowest BCUT2D eigenvalue weighted by Gasteiger charge is -2.34. The molecule has 26 heavy (non-hydrogen) atoms. The highest BCUT2D eigenvalue weighted by atomic mass is 16.5. The fraction of sp³-hybridized carbons (Fsp3) is 0.412. The molecule has 1 saturated heterocycles. The van der Waals surface area contributed by atoms with E-state index in [4.69, 9.17) is 9.47 Å². The maximum absolute atomic E-state index is 6.03. The van der Waals surface area contributed by atoms with Crippen LogP contribution in [0, 0.1) is 0 Å². The van der Waals surface area contributed by atoms with Crippen molar-refractivity contribution in [1.82, 2.24) is 35.3 Å². The van der Waals surface area contributed by atoms with Crippen LogP contribution in [0.1, 0.15) is 11.6 Å². The normalized spacial score (nSPS) is 18.1. The predicted molar refractivity (Wildman–Crippen MR) is 93.4 cm³/mol. The second-order valence-electron chi connectivity index (χ2n) is 6.15. The van der Waals surface area contributed by atoms with Gasteiger partial charge in [0.2, 0.25) is 5.82 Å². The highest BCUT2D eigenvalue weighted by molar-refractivity contribution is 5.63. The van der Waals surface area contributed by atoms with Gasteiger partial charge in [0, 0.05) is 31.9 Å². The summed E-state index contributed by atoms with van der Waals surface area (Å²) in [5.41, 5.74) is 1.99. The summed E-state index contributed by atoms with van der Waals surface area (Å²) in [6.07, 6.45) is 3.94. The molecule has 3 aromatic rings. The molecule has 1 aromatic carbocycles. The van der Waals surface area contributed by atoms with Gasteiger partial charge in [-0.05, 0) is 17.3 Å². The monoisotopic (exact) mass is 355 g/mol. The molecule has 1 atom stereocenters. The van der Waals surface area contributed by atoms with Gasteiger partial charge in [-0.3, -0.25) is 9.58 Å². The van der Waals surface area contributed by atoms with Crippen LogP contribution in [0.25, 0.3) is 11.4 Å². The number of para-hydroxylation sites is 1. The van der Waals surface area contributed by atoms with E-state index in [1.165, 1.54) is 5.56 Å². The number of nitrogens with zero attached hydrogens (tertiary/aromatic N) is 6. The van der Waals surface area contributed by atoms with Crippen molar-refractivity contribution in [1.29, 1.82) is 0 Å². The van der Waals surface area contributed by atoms with Gasteiger partial charge in [0.15, 0.2) is 0 Å². The van der Waals surface area contributed by atoms with Crippen molar-refractivity contribution in [2.75, 3.05) is 32.9 Å². The smallest absolute Gasteiger partial charge is 0.208 e. The Morgan fingerprint density at radius 1 is 1.35 bits per heavy atom. The van der Waals surface area contributed by atoms with Crippen molar-refractivity contribution in [3.05, 3.63) is 42.2 Å². The quantitative estimate of drug-likeness (QED) is 0.706. The molecule has 3 heterocycles. The van der Waals surface area contributed by atoms with Crippen LogP contribution in [0.2, 0.25) is 0 Å². The Bertz CT molecular complexity index is 833.